The molecule has 4 atom stereocenters. The molecule has 14 heteroatoms. The smallest absolute Gasteiger partial charge is 0.315 e. The summed E-state index contributed by atoms with van der Waals surface area (Å²) in [5.41, 5.74) is 0.721. The van der Waals surface area contributed by atoms with E-state index in [4.69, 9.17) is 9.72 Å². The molecular formula is C37H57N7O6S. The summed E-state index contributed by atoms with van der Waals surface area (Å²) < 4.78 is 7.42. The fourth-order valence-corrected chi connectivity index (χ4v) is 6.79. The summed E-state index contributed by atoms with van der Waals surface area (Å²) in [6.07, 6.45) is 3.61. The van der Waals surface area contributed by atoms with Crippen molar-refractivity contribution in [3.05, 3.63) is 41.9 Å². The van der Waals surface area contributed by atoms with E-state index in [0.717, 1.165) is 23.1 Å². The molecule has 1 saturated carbocycles. The Bertz CT molecular complexity index is 1780. The molecule has 3 aromatic rings. The lowest BCUT2D eigenvalue weighted by molar-refractivity contribution is -0.144. The van der Waals surface area contributed by atoms with Crippen LogP contribution in [0, 0.1) is 5.41 Å². The lowest BCUT2D eigenvalue weighted by atomic mass is 9.85. The van der Waals surface area contributed by atoms with Gasteiger partial charge in [0.2, 0.25) is 17.6 Å². The lowest BCUT2D eigenvalue weighted by Gasteiger charge is -2.36. The minimum absolute atomic E-state index is 0. The van der Waals surface area contributed by atoms with Gasteiger partial charge in [-0.1, -0.05) is 40.2 Å². The molecule has 1 aliphatic heterocycles. The van der Waals surface area contributed by atoms with Gasteiger partial charge in [-0.05, 0) is 69.0 Å². The molecule has 0 bridgehead atoms. The summed E-state index contributed by atoms with van der Waals surface area (Å²) in [4.78, 5) is 78.2. The Balaban J connectivity index is 0.00000378. The second-order valence-corrected chi connectivity index (χ2v) is 16.4. The van der Waals surface area contributed by atoms with Crippen molar-refractivity contribution in [3.63, 3.8) is 0 Å². The lowest BCUT2D eigenvalue weighted by Crippen LogP contribution is -2.61. The van der Waals surface area contributed by atoms with E-state index < -0.39 is 64.7 Å². The number of rotatable bonds is 12. The van der Waals surface area contributed by atoms with Crippen LogP contribution in [0.15, 0.2) is 41.9 Å². The van der Waals surface area contributed by atoms with Gasteiger partial charge in [-0.2, -0.15) is 0 Å². The van der Waals surface area contributed by atoms with Gasteiger partial charge in [0, 0.05) is 36.0 Å². The van der Waals surface area contributed by atoms with Gasteiger partial charge in [0.15, 0.2) is 0 Å². The van der Waals surface area contributed by atoms with Crippen molar-refractivity contribution in [3.8, 4) is 17.1 Å². The number of ether oxygens (including phenoxy) is 1. The van der Waals surface area contributed by atoms with Crippen molar-refractivity contribution >= 4 is 51.1 Å². The van der Waals surface area contributed by atoms with Crippen LogP contribution in [0.2, 0.25) is 0 Å². The highest BCUT2D eigenvalue weighted by Crippen LogP contribution is 2.36. The Kier molecular flexibility index (Phi) is 11.3. The van der Waals surface area contributed by atoms with Crippen LogP contribution in [0.5, 0.6) is 5.75 Å². The van der Waals surface area contributed by atoms with Gasteiger partial charge >= 0.3 is 6.03 Å². The summed E-state index contributed by atoms with van der Waals surface area (Å²) >= 11 is 1.47. The standard InChI is InChI=1S/C37H49N7O6S.4H2/c1-8-11-24(29(45)33(47)39-21-13-14-21)41-32(46)27-18-22(20-44(27)34(48)31(36(2,3)4)42-35(49)43-37(5,6)7)50-28-19-26(23-12-9-10-16-38-23)40-25-15-17-51-30(25)28;;;;/h9-10,12,15-17,19,21-22,24,27,31H,8,11,13-14,18,20H2,1-7H3,(H,39,47)(H,41,46)(H2,42,43,49);4*1H/t22?,24-,27-,31+;;;;/m0..../s1. The number of aromatic nitrogens is 2. The van der Waals surface area contributed by atoms with Gasteiger partial charge in [-0.3, -0.25) is 24.2 Å². The SMILES string of the molecule is CCC[C@H](NC(=O)[C@@H]1CC(Oc2cc(-c3ccccn3)nc3ccsc23)CN1C(=O)[C@@H](NC(=O)NC(C)(C)C)C(C)(C)C)C(=O)C(=O)NC1CC1.[HH].[HH].[HH].[HH]. The first-order chi connectivity index (χ1) is 24.0. The molecule has 13 nitrogen and oxygen atoms in total. The third-order valence-electron chi connectivity index (χ3n) is 8.67. The first-order valence-electron chi connectivity index (χ1n) is 17.5. The largest absolute Gasteiger partial charge is 0.487 e. The molecule has 4 heterocycles. The maximum absolute atomic E-state index is 14.5. The van der Waals surface area contributed by atoms with E-state index in [1.165, 1.54) is 16.2 Å². The topological polar surface area (TPSA) is 172 Å². The average Bonchev–Trinajstić information content (AvgIpc) is 3.56. The Morgan fingerprint density at radius 1 is 1.04 bits per heavy atom. The molecular weight excluding hydrogens is 671 g/mol. The second kappa shape index (κ2) is 15.3. The van der Waals surface area contributed by atoms with E-state index in [-0.39, 0.29) is 31.1 Å². The number of amides is 5. The number of urea groups is 1. The number of hydrogen-bond donors (Lipinski definition) is 4. The first kappa shape index (κ1) is 37.7. The van der Waals surface area contributed by atoms with Crippen molar-refractivity contribution in [2.45, 2.75) is 116 Å². The highest BCUT2D eigenvalue weighted by molar-refractivity contribution is 7.17. The molecule has 0 spiro atoms. The quantitative estimate of drug-likeness (QED) is 0.181. The zero-order valence-corrected chi connectivity index (χ0v) is 31.2. The molecule has 2 aliphatic rings. The number of Topliss-reactive ketones (excluding diaryl/α,β-unsaturated/α-hetero) is 1. The van der Waals surface area contributed by atoms with E-state index in [1.807, 2.05) is 84.2 Å². The van der Waals surface area contributed by atoms with Crippen LogP contribution in [-0.4, -0.2) is 86.8 Å². The molecule has 282 valence electrons. The van der Waals surface area contributed by atoms with Crippen molar-refractivity contribution in [2.75, 3.05) is 6.54 Å². The first-order valence-corrected chi connectivity index (χ1v) is 18.4. The second-order valence-electron chi connectivity index (χ2n) is 15.4. The predicted molar refractivity (Wildman–Crippen MR) is 204 cm³/mol. The third-order valence-corrected chi connectivity index (χ3v) is 9.59. The van der Waals surface area contributed by atoms with Gasteiger partial charge < -0.3 is 30.9 Å². The van der Waals surface area contributed by atoms with Crippen LogP contribution in [0.4, 0.5) is 4.79 Å². The number of thiophene rings is 1. The summed E-state index contributed by atoms with van der Waals surface area (Å²) in [7, 11) is 0. The number of pyridine rings is 2. The molecule has 51 heavy (non-hydrogen) atoms. The molecule has 1 saturated heterocycles. The Hall–Kier alpha value is -4.59. The zero-order valence-electron chi connectivity index (χ0n) is 30.4. The number of carbonyl (C=O) groups is 5. The summed E-state index contributed by atoms with van der Waals surface area (Å²) in [5.74, 6) is -1.93. The predicted octanol–water partition coefficient (Wildman–Crippen LogP) is 5.34. The Morgan fingerprint density at radius 2 is 1.78 bits per heavy atom. The third kappa shape index (κ3) is 9.60. The van der Waals surface area contributed by atoms with Crippen LogP contribution >= 0.6 is 11.3 Å². The monoisotopic (exact) mass is 727 g/mol. The van der Waals surface area contributed by atoms with Crippen molar-refractivity contribution in [1.29, 1.82) is 0 Å². The van der Waals surface area contributed by atoms with E-state index in [0.29, 0.717) is 23.6 Å². The normalized spacial score (nSPS) is 18.8. The van der Waals surface area contributed by atoms with Crippen LogP contribution in [0.3, 0.4) is 0 Å². The summed E-state index contributed by atoms with van der Waals surface area (Å²) in [5, 5.41) is 13.1. The van der Waals surface area contributed by atoms with Crippen molar-refractivity contribution in [1.82, 2.24) is 36.1 Å². The van der Waals surface area contributed by atoms with Gasteiger partial charge in [0.1, 0.15) is 23.9 Å². The number of nitrogens with zero attached hydrogens (tertiary/aromatic N) is 3. The van der Waals surface area contributed by atoms with E-state index in [2.05, 4.69) is 26.3 Å². The Labute approximate surface area is 308 Å². The minimum Gasteiger partial charge on any atom is -0.487 e. The number of ketones is 1. The molecule has 4 N–H and O–H groups in total. The molecule has 0 radical (unpaired) electrons. The molecule has 1 unspecified atom stereocenters. The zero-order chi connectivity index (χ0) is 37.1. The van der Waals surface area contributed by atoms with Gasteiger partial charge in [-0.25, -0.2) is 9.78 Å². The van der Waals surface area contributed by atoms with Crippen molar-refractivity contribution in [2.24, 2.45) is 5.41 Å². The van der Waals surface area contributed by atoms with Crippen LogP contribution in [0.25, 0.3) is 21.6 Å². The highest BCUT2D eigenvalue weighted by Gasteiger charge is 2.47. The van der Waals surface area contributed by atoms with E-state index in [1.54, 1.807) is 6.20 Å². The highest BCUT2D eigenvalue weighted by atomic mass is 32.1. The van der Waals surface area contributed by atoms with Crippen molar-refractivity contribution < 1.29 is 34.4 Å². The molecule has 2 fully saturated rings. The Morgan fingerprint density at radius 3 is 2.41 bits per heavy atom. The van der Waals surface area contributed by atoms with Crippen LogP contribution < -0.4 is 26.0 Å². The molecule has 5 amide bonds. The summed E-state index contributed by atoms with van der Waals surface area (Å²) in [6.45, 7) is 12.9. The average molecular weight is 728 g/mol. The maximum Gasteiger partial charge on any atom is 0.315 e. The molecule has 3 aromatic heterocycles. The fourth-order valence-electron chi connectivity index (χ4n) is 6.00. The molecule has 0 aromatic carbocycles. The number of carbonyl (C=O) groups excluding carboxylic acids is 5. The number of hydrogen-bond acceptors (Lipinski definition) is 9. The van der Waals surface area contributed by atoms with Crippen LogP contribution in [0.1, 0.15) is 86.3 Å². The summed E-state index contributed by atoms with van der Waals surface area (Å²) in [6, 6.07) is 5.62. The van der Waals surface area contributed by atoms with E-state index in [9.17, 15) is 24.0 Å². The minimum atomic E-state index is -1.06. The number of nitrogens with one attached hydrogen (secondary N) is 4. The fraction of sp³-hybridized carbons (Fsp3) is 0.541. The number of likely N-dealkylation sites (tertiary alicyclic amines) is 1. The molecule has 1 aliphatic carbocycles. The number of fused-ring (bicyclic) bond motifs is 1. The van der Waals surface area contributed by atoms with Gasteiger partial charge in [0.25, 0.3) is 5.91 Å². The van der Waals surface area contributed by atoms with E-state index >= 15 is 0 Å². The van der Waals surface area contributed by atoms with Crippen LogP contribution in [-0.2, 0) is 19.2 Å². The maximum atomic E-state index is 14.5. The van der Waals surface area contributed by atoms with Gasteiger partial charge in [0.05, 0.1) is 34.2 Å². The van der Waals surface area contributed by atoms with Gasteiger partial charge in [-0.15, -0.1) is 11.3 Å². The molecule has 5 rings (SSSR count).